The van der Waals surface area contributed by atoms with Crippen molar-refractivity contribution in [3.63, 3.8) is 0 Å². The van der Waals surface area contributed by atoms with E-state index in [4.69, 9.17) is 21.1 Å². The molecule has 1 unspecified atom stereocenters. The van der Waals surface area contributed by atoms with Gasteiger partial charge < -0.3 is 14.4 Å². The number of hydrogen-bond donors (Lipinski definition) is 0. The van der Waals surface area contributed by atoms with Crippen LogP contribution in [0.1, 0.15) is 28.3 Å². The van der Waals surface area contributed by atoms with Gasteiger partial charge in [-0.2, -0.15) is 0 Å². The van der Waals surface area contributed by atoms with Crippen molar-refractivity contribution in [2.24, 2.45) is 0 Å². The molecule has 3 aromatic carbocycles. The third kappa shape index (κ3) is 4.51. The molecule has 31 heavy (non-hydrogen) atoms. The summed E-state index contributed by atoms with van der Waals surface area (Å²) in [5.41, 5.74) is 6.22. The molecule has 3 aromatic rings. The van der Waals surface area contributed by atoms with Gasteiger partial charge in [0, 0.05) is 37.9 Å². The van der Waals surface area contributed by atoms with Gasteiger partial charge in [-0.3, -0.25) is 4.90 Å². The van der Waals surface area contributed by atoms with Crippen LogP contribution in [0.15, 0.2) is 60.7 Å². The van der Waals surface area contributed by atoms with Gasteiger partial charge in [-0.25, -0.2) is 0 Å². The smallest absolute Gasteiger partial charge is 0.161 e. The lowest BCUT2D eigenvalue weighted by Gasteiger charge is -2.38. The number of benzene rings is 3. The number of hydrogen-bond acceptors (Lipinski definition) is 4. The lowest BCUT2D eigenvalue weighted by Crippen LogP contribution is -2.35. The Balaban J connectivity index is 1.75. The second-order valence-electron chi connectivity index (χ2n) is 8.14. The highest BCUT2D eigenvalue weighted by Gasteiger charge is 2.30. The van der Waals surface area contributed by atoms with Crippen molar-refractivity contribution in [2.75, 3.05) is 39.8 Å². The third-order valence-corrected chi connectivity index (χ3v) is 6.21. The second kappa shape index (κ2) is 9.21. The van der Waals surface area contributed by atoms with Crippen LogP contribution in [0.2, 0.25) is 5.02 Å². The molecule has 1 heterocycles. The summed E-state index contributed by atoms with van der Waals surface area (Å²) in [6, 6.07) is 21.3. The van der Waals surface area contributed by atoms with Gasteiger partial charge in [-0.15, -0.1) is 0 Å². The van der Waals surface area contributed by atoms with Crippen molar-refractivity contribution in [2.45, 2.75) is 19.0 Å². The van der Waals surface area contributed by atoms with Crippen molar-refractivity contribution in [1.29, 1.82) is 0 Å². The molecule has 4 rings (SSSR count). The Morgan fingerprint density at radius 2 is 1.68 bits per heavy atom. The van der Waals surface area contributed by atoms with E-state index >= 15 is 0 Å². The zero-order valence-corrected chi connectivity index (χ0v) is 19.3. The van der Waals surface area contributed by atoms with Crippen LogP contribution in [-0.4, -0.2) is 39.8 Å². The molecule has 0 amide bonds. The van der Waals surface area contributed by atoms with E-state index in [2.05, 4.69) is 72.4 Å². The van der Waals surface area contributed by atoms with Crippen molar-refractivity contribution < 1.29 is 9.47 Å². The fourth-order valence-corrected chi connectivity index (χ4v) is 4.57. The zero-order valence-electron chi connectivity index (χ0n) is 18.6. The van der Waals surface area contributed by atoms with E-state index in [1.165, 1.54) is 27.9 Å². The first-order chi connectivity index (χ1) is 15.0. The van der Waals surface area contributed by atoms with E-state index in [9.17, 15) is 0 Å². The fraction of sp³-hybridized carbons (Fsp3) is 0.308. The summed E-state index contributed by atoms with van der Waals surface area (Å²) in [5, 5.41) is 0.750. The Morgan fingerprint density at radius 1 is 0.968 bits per heavy atom. The number of halogens is 1. The van der Waals surface area contributed by atoms with Gasteiger partial charge in [0.25, 0.3) is 0 Å². The Bertz CT molecular complexity index is 1050. The molecule has 0 fully saturated rings. The van der Waals surface area contributed by atoms with Gasteiger partial charge in [-0.1, -0.05) is 35.9 Å². The monoisotopic (exact) mass is 436 g/mol. The number of rotatable bonds is 6. The van der Waals surface area contributed by atoms with Gasteiger partial charge in [0.2, 0.25) is 0 Å². The molecule has 0 saturated carbocycles. The SMILES string of the molecule is COc1cc2c(cc1OC)C(c1cccc(Cl)c1)N(Cc1ccc(N(C)C)cc1)CC2. The number of ether oxygens (including phenoxy) is 2. The molecule has 0 spiro atoms. The van der Waals surface area contributed by atoms with E-state index in [0.29, 0.717) is 0 Å². The Kier molecular flexibility index (Phi) is 6.40. The van der Waals surface area contributed by atoms with Crippen molar-refractivity contribution in [3.05, 3.63) is 87.9 Å². The molecule has 1 aliphatic rings. The van der Waals surface area contributed by atoms with Gasteiger partial charge in [-0.05, 0) is 65.1 Å². The summed E-state index contributed by atoms with van der Waals surface area (Å²) in [5.74, 6) is 1.53. The third-order valence-electron chi connectivity index (χ3n) is 5.98. The maximum Gasteiger partial charge on any atom is 0.161 e. The predicted octanol–water partition coefficient (Wildman–Crippen LogP) is 5.57. The summed E-state index contributed by atoms with van der Waals surface area (Å²) >= 11 is 6.38. The topological polar surface area (TPSA) is 24.9 Å². The van der Waals surface area contributed by atoms with Crippen molar-refractivity contribution >= 4 is 17.3 Å². The number of anilines is 1. The first kappa shape index (κ1) is 21.5. The highest BCUT2D eigenvalue weighted by Crippen LogP contribution is 2.42. The van der Waals surface area contributed by atoms with Gasteiger partial charge in [0.1, 0.15) is 0 Å². The Morgan fingerprint density at radius 3 is 2.32 bits per heavy atom. The summed E-state index contributed by atoms with van der Waals surface area (Å²) in [7, 11) is 7.50. The summed E-state index contributed by atoms with van der Waals surface area (Å²) in [4.78, 5) is 4.64. The lowest BCUT2D eigenvalue weighted by molar-refractivity contribution is 0.203. The number of fused-ring (bicyclic) bond motifs is 1. The maximum atomic E-state index is 6.38. The molecule has 0 aliphatic carbocycles. The largest absolute Gasteiger partial charge is 0.493 e. The average Bonchev–Trinajstić information content (AvgIpc) is 2.78. The first-order valence-electron chi connectivity index (χ1n) is 10.5. The Labute approximate surface area is 190 Å². The fourth-order valence-electron chi connectivity index (χ4n) is 4.37. The minimum absolute atomic E-state index is 0.0933. The van der Waals surface area contributed by atoms with Crippen LogP contribution >= 0.6 is 11.6 Å². The molecule has 5 heteroatoms. The Hall–Kier alpha value is -2.69. The molecule has 0 N–H and O–H groups in total. The van der Waals surface area contributed by atoms with Crippen molar-refractivity contribution in [3.8, 4) is 11.5 Å². The molecule has 1 atom stereocenters. The summed E-state index contributed by atoms with van der Waals surface area (Å²) < 4.78 is 11.2. The van der Waals surface area contributed by atoms with Gasteiger partial charge in [0.15, 0.2) is 11.5 Å². The highest BCUT2D eigenvalue weighted by molar-refractivity contribution is 6.30. The van der Waals surface area contributed by atoms with Crippen LogP contribution < -0.4 is 14.4 Å². The van der Waals surface area contributed by atoms with Crippen molar-refractivity contribution in [1.82, 2.24) is 4.90 Å². The van der Waals surface area contributed by atoms with Crippen LogP contribution in [0.25, 0.3) is 0 Å². The van der Waals surface area contributed by atoms with Gasteiger partial charge in [0.05, 0.1) is 20.3 Å². The average molecular weight is 437 g/mol. The van der Waals surface area contributed by atoms with E-state index in [1.54, 1.807) is 14.2 Å². The highest BCUT2D eigenvalue weighted by atomic mass is 35.5. The van der Waals surface area contributed by atoms with E-state index in [-0.39, 0.29) is 6.04 Å². The van der Waals surface area contributed by atoms with Gasteiger partial charge >= 0.3 is 0 Å². The molecule has 0 bridgehead atoms. The second-order valence-corrected chi connectivity index (χ2v) is 8.58. The molecule has 0 aromatic heterocycles. The molecule has 1 aliphatic heterocycles. The summed E-state index contributed by atoms with van der Waals surface area (Å²) in [6.45, 7) is 1.81. The number of methoxy groups -OCH3 is 2. The summed E-state index contributed by atoms with van der Waals surface area (Å²) in [6.07, 6.45) is 0.961. The number of nitrogens with zero attached hydrogens (tertiary/aromatic N) is 2. The van der Waals surface area contributed by atoms with Crippen LogP contribution in [0.5, 0.6) is 11.5 Å². The standard InChI is InChI=1S/C26H29ClN2O2/c1-28(2)22-10-8-18(9-11-22)17-29-13-12-19-15-24(30-3)25(31-4)16-23(19)26(29)20-6-5-7-21(27)14-20/h5-11,14-16,26H,12-13,17H2,1-4H3. The van der Waals surface area contributed by atoms with E-state index in [0.717, 1.165) is 36.0 Å². The minimum atomic E-state index is 0.0933. The maximum absolute atomic E-state index is 6.38. The molecule has 0 saturated heterocycles. The minimum Gasteiger partial charge on any atom is -0.493 e. The first-order valence-corrected chi connectivity index (χ1v) is 10.9. The molecule has 162 valence electrons. The van der Waals surface area contributed by atoms with E-state index < -0.39 is 0 Å². The van der Waals surface area contributed by atoms with Crippen LogP contribution in [0.3, 0.4) is 0 Å². The normalized spacial score (nSPS) is 16.0. The molecule has 0 radical (unpaired) electrons. The van der Waals surface area contributed by atoms with E-state index in [1.807, 2.05) is 12.1 Å². The van der Waals surface area contributed by atoms with Crippen LogP contribution in [0, 0.1) is 0 Å². The van der Waals surface area contributed by atoms with Crippen LogP contribution in [0.4, 0.5) is 5.69 Å². The van der Waals surface area contributed by atoms with Crippen LogP contribution in [-0.2, 0) is 13.0 Å². The zero-order chi connectivity index (χ0) is 22.0. The predicted molar refractivity (Wildman–Crippen MR) is 128 cm³/mol. The molecule has 4 nitrogen and oxygen atoms in total. The molecular weight excluding hydrogens is 408 g/mol. The lowest BCUT2D eigenvalue weighted by atomic mass is 9.87. The molecular formula is C26H29ClN2O2. The quantitative estimate of drug-likeness (QED) is 0.504.